The molecule has 0 radical (unpaired) electrons. The molecule has 0 aromatic heterocycles. The molecule has 1 heterocycles. The summed E-state index contributed by atoms with van der Waals surface area (Å²) in [6, 6.07) is 5.80. The molecule has 1 amide bonds. The van der Waals surface area contributed by atoms with Crippen molar-refractivity contribution in [3.8, 4) is 0 Å². The molecule has 0 spiro atoms. The van der Waals surface area contributed by atoms with Crippen LogP contribution in [0.15, 0.2) is 18.2 Å². The lowest BCUT2D eigenvalue weighted by Gasteiger charge is -2.26. The van der Waals surface area contributed by atoms with Gasteiger partial charge in [-0.25, -0.2) is 0 Å². The summed E-state index contributed by atoms with van der Waals surface area (Å²) >= 11 is 0. The van der Waals surface area contributed by atoms with Gasteiger partial charge in [-0.3, -0.25) is 4.79 Å². The van der Waals surface area contributed by atoms with Crippen molar-refractivity contribution < 1.29 is 9.53 Å². The summed E-state index contributed by atoms with van der Waals surface area (Å²) < 4.78 is 5.39. The van der Waals surface area contributed by atoms with Crippen molar-refractivity contribution in [1.82, 2.24) is 5.32 Å². The fraction of sp³-hybridized carbons (Fsp3) is 0.500. The highest BCUT2D eigenvalue weighted by Gasteiger charge is 2.22. The first kappa shape index (κ1) is 13.7. The number of rotatable bonds is 4. The average Bonchev–Trinajstić information content (AvgIpc) is 2.92. The first-order valence-corrected chi connectivity index (χ1v) is 6.61. The third-order valence-corrected chi connectivity index (χ3v) is 3.46. The minimum absolute atomic E-state index is 0.0902. The third-order valence-electron chi connectivity index (χ3n) is 3.46. The number of anilines is 2. The number of hydrogen-bond donors (Lipinski definition) is 2. The van der Waals surface area contributed by atoms with Crippen LogP contribution in [0, 0.1) is 0 Å². The van der Waals surface area contributed by atoms with Crippen LogP contribution in [0.3, 0.4) is 0 Å². The van der Waals surface area contributed by atoms with Crippen molar-refractivity contribution in [2.24, 2.45) is 0 Å². The lowest BCUT2D eigenvalue weighted by molar-refractivity contribution is 0.0956. The first-order chi connectivity index (χ1) is 9.13. The van der Waals surface area contributed by atoms with E-state index in [1.54, 1.807) is 6.07 Å². The number of nitrogen functional groups attached to an aromatic ring is 1. The number of carbonyl (C=O) groups is 1. The minimum Gasteiger partial charge on any atom is -0.397 e. The Balaban J connectivity index is 2.16. The van der Waals surface area contributed by atoms with Crippen LogP contribution in [0.25, 0.3) is 0 Å². The summed E-state index contributed by atoms with van der Waals surface area (Å²) in [5.74, 6) is -0.0902. The summed E-state index contributed by atoms with van der Waals surface area (Å²) in [5.41, 5.74) is 8.23. The van der Waals surface area contributed by atoms with Gasteiger partial charge in [-0.2, -0.15) is 0 Å². The fourth-order valence-corrected chi connectivity index (χ4v) is 2.30. The topological polar surface area (TPSA) is 67.6 Å². The number of nitrogens with two attached hydrogens (primary N) is 1. The Kier molecular flexibility index (Phi) is 4.27. The maximum Gasteiger partial charge on any atom is 0.251 e. The second kappa shape index (κ2) is 5.93. The predicted octanol–water partition coefficient (Wildman–Crippen LogP) is 1.24. The summed E-state index contributed by atoms with van der Waals surface area (Å²) in [6.07, 6.45) is 1.01. The van der Waals surface area contributed by atoms with E-state index in [1.807, 2.05) is 26.1 Å². The number of carbonyl (C=O) groups excluding carboxylic acids is 1. The van der Waals surface area contributed by atoms with E-state index in [0.717, 1.165) is 25.3 Å². The number of nitrogens with one attached hydrogen (secondary N) is 1. The molecule has 3 N–H and O–H groups in total. The Morgan fingerprint density at radius 3 is 2.95 bits per heavy atom. The maximum atomic E-state index is 11.7. The van der Waals surface area contributed by atoms with Crippen molar-refractivity contribution in [3.63, 3.8) is 0 Å². The normalized spacial score (nSPS) is 18.3. The summed E-state index contributed by atoms with van der Waals surface area (Å²) in [5, 5.41) is 2.76. The molecule has 5 nitrogen and oxygen atoms in total. The summed E-state index contributed by atoms with van der Waals surface area (Å²) in [4.78, 5) is 13.9. The quantitative estimate of drug-likeness (QED) is 0.802. The third kappa shape index (κ3) is 2.98. The molecular formula is C14H21N3O2. The molecular weight excluding hydrogens is 242 g/mol. The Morgan fingerprint density at radius 1 is 1.58 bits per heavy atom. The van der Waals surface area contributed by atoms with Gasteiger partial charge in [-0.1, -0.05) is 0 Å². The van der Waals surface area contributed by atoms with Gasteiger partial charge in [0.05, 0.1) is 24.0 Å². The van der Waals surface area contributed by atoms with Gasteiger partial charge in [0.2, 0.25) is 0 Å². The first-order valence-electron chi connectivity index (χ1n) is 6.61. The number of likely N-dealkylation sites (N-methyl/N-ethyl adjacent to an activating group) is 1. The molecule has 104 valence electrons. The van der Waals surface area contributed by atoms with Crippen LogP contribution in [-0.4, -0.2) is 38.8 Å². The van der Waals surface area contributed by atoms with Crippen LogP contribution in [0.1, 0.15) is 23.7 Å². The summed E-state index contributed by atoms with van der Waals surface area (Å²) in [7, 11) is 2.01. The molecule has 1 saturated heterocycles. The van der Waals surface area contributed by atoms with Gasteiger partial charge in [0.25, 0.3) is 5.91 Å². The van der Waals surface area contributed by atoms with Crippen molar-refractivity contribution in [3.05, 3.63) is 23.8 Å². The number of hydrogen-bond acceptors (Lipinski definition) is 4. The lowest BCUT2D eigenvalue weighted by atomic mass is 10.1. The van der Waals surface area contributed by atoms with Crippen molar-refractivity contribution >= 4 is 17.3 Å². The van der Waals surface area contributed by atoms with Gasteiger partial charge in [-0.15, -0.1) is 0 Å². The Morgan fingerprint density at radius 2 is 2.37 bits per heavy atom. The largest absolute Gasteiger partial charge is 0.397 e. The van der Waals surface area contributed by atoms with Crippen LogP contribution in [0.5, 0.6) is 0 Å². The van der Waals surface area contributed by atoms with Gasteiger partial charge >= 0.3 is 0 Å². The molecule has 0 aliphatic carbocycles. The monoisotopic (exact) mass is 263 g/mol. The van der Waals surface area contributed by atoms with E-state index in [-0.39, 0.29) is 5.91 Å². The van der Waals surface area contributed by atoms with Gasteiger partial charge in [0.15, 0.2) is 0 Å². The van der Waals surface area contributed by atoms with Crippen LogP contribution in [0.4, 0.5) is 11.4 Å². The number of nitrogens with zero attached hydrogens (tertiary/aromatic N) is 1. The molecule has 1 atom stereocenters. The van der Waals surface area contributed by atoms with Crippen molar-refractivity contribution in [2.75, 3.05) is 37.4 Å². The lowest BCUT2D eigenvalue weighted by Crippen LogP contribution is -2.32. The molecule has 1 fully saturated rings. The highest BCUT2D eigenvalue weighted by Crippen LogP contribution is 2.27. The van der Waals surface area contributed by atoms with Gasteiger partial charge in [0.1, 0.15) is 0 Å². The maximum absolute atomic E-state index is 11.7. The summed E-state index contributed by atoms with van der Waals surface area (Å²) in [6.45, 7) is 4.03. The second-order valence-corrected chi connectivity index (χ2v) is 4.76. The van der Waals surface area contributed by atoms with Crippen LogP contribution in [-0.2, 0) is 4.74 Å². The number of amides is 1. The Hall–Kier alpha value is -1.75. The van der Waals surface area contributed by atoms with Crippen molar-refractivity contribution in [2.45, 2.75) is 19.4 Å². The van der Waals surface area contributed by atoms with Crippen LogP contribution >= 0.6 is 0 Å². The molecule has 1 unspecified atom stereocenters. The average molecular weight is 263 g/mol. The van der Waals surface area contributed by atoms with Crippen molar-refractivity contribution in [1.29, 1.82) is 0 Å². The number of ether oxygens (including phenoxy) is 1. The minimum atomic E-state index is -0.0902. The zero-order valence-corrected chi connectivity index (χ0v) is 11.5. The fourth-order valence-electron chi connectivity index (χ4n) is 2.30. The van der Waals surface area contributed by atoms with E-state index in [0.29, 0.717) is 23.8 Å². The Bertz CT molecular complexity index is 456. The van der Waals surface area contributed by atoms with Crippen LogP contribution in [0.2, 0.25) is 0 Å². The molecule has 1 aromatic carbocycles. The zero-order chi connectivity index (χ0) is 13.8. The Labute approximate surface area is 113 Å². The molecule has 1 aliphatic heterocycles. The molecule has 2 rings (SSSR count). The van der Waals surface area contributed by atoms with E-state index in [1.165, 1.54) is 0 Å². The second-order valence-electron chi connectivity index (χ2n) is 4.76. The highest BCUT2D eigenvalue weighted by molar-refractivity contribution is 5.96. The highest BCUT2D eigenvalue weighted by atomic mass is 16.5. The molecule has 19 heavy (non-hydrogen) atoms. The van der Waals surface area contributed by atoms with E-state index in [4.69, 9.17) is 10.5 Å². The molecule has 0 bridgehead atoms. The zero-order valence-electron chi connectivity index (χ0n) is 11.5. The van der Waals surface area contributed by atoms with E-state index >= 15 is 0 Å². The molecule has 1 aromatic rings. The SMILES string of the molecule is CCNC(=O)c1ccc(N(C)C2CCOC2)c(N)c1. The smallest absolute Gasteiger partial charge is 0.251 e. The molecule has 0 saturated carbocycles. The van der Waals surface area contributed by atoms with Crippen LogP contribution < -0.4 is 16.0 Å². The van der Waals surface area contributed by atoms with E-state index in [9.17, 15) is 4.79 Å². The van der Waals surface area contributed by atoms with E-state index < -0.39 is 0 Å². The van der Waals surface area contributed by atoms with Gasteiger partial charge < -0.3 is 20.7 Å². The predicted molar refractivity (Wildman–Crippen MR) is 76.5 cm³/mol. The molecule has 1 aliphatic rings. The van der Waals surface area contributed by atoms with E-state index in [2.05, 4.69) is 10.2 Å². The van der Waals surface area contributed by atoms with Gasteiger partial charge in [-0.05, 0) is 31.5 Å². The number of benzene rings is 1. The van der Waals surface area contributed by atoms with Gasteiger partial charge in [0, 0.05) is 25.8 Å². The molecule has 5 heteroatoms. The standard InChI is InChI=1S/C14H21N3O2/c1-3-16-14(18)10-4-5-13(12(15)8-10)17(2)11-6-7-19-9-11/h4-5,8,11H,3,6-7,9,15H2,1-2H3,(H,16,18).